The van der Waals surface area contributed by atoms with E-state index in [4.69, 9.17) is 9.15 Å². The fourth-order valence-electron chi connectivity index (χ4n) is 3.22. The second kappa shape index (κ2) is 7.66. The molecule has 4 nitrogen and oxygen atoms in total. The van der Waals surface area contributed by atoms with E-state index in [2.05, 4.69) is 34.5 Å². The van der Waals surface area contributed by atoms with Crippen molar-refractivity contribution >= 4 is 0 Å². The highest BCUT2D eigenvalue weighted by Crippen LogP contribution is 2.18. The molecule has 0 aliphatic carbocycles. The molecule has 0 amide bonds. The minimum atomic E-state index is 0.528. The Kier molecular flexibility index (Phi) is 5.36. The molecule has 1 aliphatic rings. The summed E-state index contributed by atoms with van der Waals surface area (Å²) in [5, 5.41) is 3.63. The molecule has 0 bridgehead atoms. The molecule has 2 aromatic rings. The maximum absolute atomic E-state index is 5.63. The highest BCUT2D eigenvalue weighted by molar-refractivity contribution is 5.28. The molecule has 0 spiro atoms. The van der Waals surface area contributed by atoms with Crippen molar-refractivity contribution in [3.8, 4) is 5.75 Å². The van der Waals surface area contributed by atoms with Gasteiger partial charge in [-0.25, -0.2) is 0 Å². The average Bonchev–Trinajstić information content (AvgIpc) is 2.99. The minimum absolute atomic E-state index is 0.528. The Balaban J connectivity index is 1.51. The number of furan rings is 1. The molecule has 1 saturated heterocycles. The number of nitrogens with one attached hydrogen (secondary N) is 1. The molecule has 0 radical (unpaired) electrons. The monoisotopic (exact) mass is 314 g/mol. The highest BCUT2D eigenvalue weighted by atomic mass is 16.5. The second-order valence-corrected chi connectivity index (χ2v) is 6.32. The van der Waals surface area contributed by atoms with Crippen molar-refractivity contribution in [3.05, 3.63) is 53.5 Å². The van der Waals surface area contributed by atoms with Crippen LogP contribution in [0.5, 0.6) is 5.75 Å². The molecule has 1 N–H and O–H groups in total. The van der Waals surface area contributed by atoms with Gasteiger partial charge in [-0.1, -0.05) is 12.1 Å². The second-order valence-electron chi connectivity index (χ2n) is 6.32. The number of rotatable bonds is 6. The van der Waals surface area contributed by atoms with Crippen LogP contribution in [0.2, 0.25) is 0 Å². The molecule has 1 aromatic carbocycles. The average molecular weight is 314 g/mol. The van der Waals surface area contributed by atoms with Crippen molar-refractivity contribution in [3.63, 3.8) is 0 Å². The van der Waals surface area contributed by atoms with Gasteiger partial charge in [0, 0.05) is 19.1 Å². The first-order chi connectivity index (χ1) is 11.2. The summed E-state index contributed by atoms with van der Waals surface area (Å²) in [7, 11) is 1.72. The Bertz CT molecular complexity index is 623. The van der Waals surface area contributed by atoms with Crippen molar-refractivity contribution in [2.75, 3.05) is 20.2 Å². The van der Waals surface area contributed by atoms with Crippen molar-refractivity contribution in [1.82, 2.24) is 10.2 Å². The van der Waals surface area contributed by atoms with Crippen LogP contribution in [0.25, 0.3) is 0 Å². The Hall–Kier alpha value is -1.78. The van der Waals surface area contributed by atoms with Crippen LogP contribution < -0.4 is 10.1 Å². The van der Waals surface area contributed by atoms with Crippen LogP contribution in [0.3, 0.4) is 0 Å². The van der Waals surface area contributed by atoms with E-state index in [-0.39, 0.29) is 0 Å². The summed E-state index contributed by atoms with van der Waals surface area (Å²) >= 11 is 0. The smallest absolute Gasteiger partial charge is 0.119 e. The van der Waals surface area contributed by atoms with Gasteiger partial charge in [-0.05, 0) is 56.1 Å². The molecular formula is C19H26N2O2. The number of likely N-dealkylation sites (tertiary alicyclic amines) is 1. The first-order valence-electron chi connectivity index (χ1n) is 8.37. The van der Waals surface area contributed by atoms with Crippen LogP contribution in [-0.4, -0.2) is 31.1 Å². The number of hydrogen-bond acceptors (Lipinski definition) is 4. The van der Waals surface area contributed by atoms with Crippen LogP contribution in [0.1, 0.15) is 29.9 Å². The molecule has 1 aromatic heterocycles. The van der Waals surface area contributed by atoms with E-state index < -0.39 is 0 Å². The minimum Gasteiger partial charge on any atom is -0.497 e. The van der Waals surface area contributed by atoms with Gasteiger partial charge in [-0.15, -0.1) is 0 Å². The maximum atomic E-state index is 5.63. The van der Waals surface area contributed by atoms with E-state index in [9.17, 15) is 0 Å². The summed E-state index contributed by atoms with van der Waals surface area (Å²) in [5.41, 5.74) is 1.31. The lowest BCUT2D eigenvalue weighted by molar-refractivity contribution is 0.181. The van der Waals surface area contributed by atoms with E-state index in [0.717, 1.165) is 43.4 Å². The van der Waals surface area contributed by atoms with Crippen LogP contribution in [0.15, 0.2) is 40.8 Å². The molecule has 2 heterocycles. The summed E-state index contributed by atoms with van der Waals surface area (Å²) in [5.74, 6) is 2.93. The first-order valence-corrected chi connectivity index (χ1v) is 8.37. The lowest BCUT2D eigenvalue weighted by Gasteiger charge is -2.33. The molecule has 1 atom stereocenters. The number of hydrogen-bond donors (Lipinski definition) is 1. The predicted octanol–water partition coefficient (Wildman–Crippen LogP) is 3.35. The van der Waals surface area contributed by atoms with Gasteiger partial charge in [-0.3, -0.25) is 4.90 Å². The summed E-state index contributed by atoms with van der Waals surface area (Å²) in [6.07, 6.45) is 2.47. The normalized spacial score (nSPS) is 19.0. The van der Waals surface area contributed by atoms with Gasteiger partial charge < -0.3 is 14.5 Å². The maximum Gasteiger partial charge on any atom is 0.119 e. The summed E-state index contributed by atoms with van der Waals surface area (Å²) in [6.45, 7) is 6.02. The van der Waals surface area contributed by atoms with E-state index >= 15 is 0 Å². The van der Waals surface area contributed by atoms with Crippen LogP contribution in [0.4, 0.5) is 0 Å². The van der Waals surface area contributed by atoms with E-state index in [1.807, 2.05) is 19.1 Å². The molecule has 3 rings (SSSR count). The zero-order valence-electron chi connectivity index (χ0n) is 14.0. The Morgan fingerprint density at radius 2 is 2.22 bits per heavy atom. The van der Waals surface area contributed by atoms with Crippen molar-refractivity contribution < 1.29 is 9.15 Å². The molecule has 23 heavy (non-hydrogen) atoms. The third-order valence-corrected chi connectivity index (χ3v) is 4.41. The number of nitrogens with zero attached hydrogens (tertiary/aromatic N) is 1. The Labute approximate surface area is 138 Å². The molecule has 4 heteroatoms. The SMILES string of the molecule is COc1cccc(CN2CCCC(NCc3ccc(C)o3)C2)c1. The van der Waals surface area contributed by atoms with Crippen LogP contribution in [-0.2, 0) is 13.1 Å². The van der Waals surface area contributed by atoms with Gasteiger partial charge in [0.1, 0.15) is 17.3 Å². The standard InChI is InChI=1S/C19H26N2O2/c1-15-8-9-19(23-15)12-20-17-6-4-10-21(14-17)13-16-5-3-7-18(11-16)22-2/h3,5,7-9,11,17,20H,4,6,10,12-14H2,1-2H3. The molecule has 1 unspecified atom stereocenters. The molecule has 1 fully saturated rings. The molecule has 124 valence electrons. The van der Waals surface area contributed by atoms with Crippen molar-refractivity contribution in [1.29, 1.82) is 0 Å². The largest absolute Gasteiger partial charge is 0.497 e. The molecular weight excluding hydrogens is 288 g/mol. The third kappa shape index (κ3) is 4.60. The highest BCUT2D eigenvalue weighted by Gasteiger charge is 2.19. The number of piperidine rings is 1. The van der Waals surface area contributed by atoms with E-state index in [1.165, 1.54) is 18.4 Å². The van der Waals surface area contributed by atoms with Crippen molar-refractivity contribution in [2.24, 2.45) is 0 Å². The first kappa shape index (κ1) is 16.1. The number of aryl methyl sites for hydroxylation is 1. The fourth-order valence-corrected chi connectivity index (χ4v) is 3.22. The summed E-state index contributed by atoms with van der Waals surface area (Å²) in [4.78, 5) is 2.52. The fraction of sp³-hybridized carbons (Fsp3) is 0.474. The Morgan fingerprint density at radius 1 is 1.30 bits per heavy atom. The van der Waals surface area contributed by atoms with E-state index in [0.29, 0.717) is 6.04 Å². The summed E-state index contributed by atoms with van der Waals surface area (Å²) < 4.78 is 10.9. The van der Waals surface area contributed by atoms with Gasteiger partial charge in [-0.2, -0.15) is 0 Å². The van der Waals surface area contributed by atoms with Crippen molar-refractivity contribution in [2.45, 2.75) is 38.9 Å². The van der Waals surface area contributed by atoms with E-state index in [1.54, 1.807) is 7.11 Å². The third-order valence-electron chi connectivity index (χ3n) is 4.41. The lowest BCUT2D eigenvalue weighted by Crippen LogP contribution is -2.44. The zero-order chi connectivity index (χ0) is 16.1. The van der Waals surface area contributed by atoms with Gasteiger partial charge >= 0.3 is 0 Å². The van der Waals surface area contributed by atoms with Gasteiger partial charge in [0.05, 0.1) is 13.7 Å². The predicted molar refractivity (Wildman–Crippen MR) is 91.6 cm³/mol. The zero-order valence-corrected chi connectivity index (χ0v) is 14.0. The van der Waals surface area contributed by atoms with Crippen LogP contribution >= 0.6 is 0 Å². The van der Waals surface area contributed by atoms with Gasteiger partial charge in [0.15, 0.2) is 0 Å². The van der Waals surface area contributed by atoms with Crippen LogP contribution in [0, 0.1) is 6.92 Å². The number of ether oxygens (including phenoxy) is 1. The number of benzene rings is 1. The van der Waals surface area contributed by atoms with Gasteiger partial charge in [0.2, 0.25) is 0 Å². The lowest BCUT2D eigenvalue weighted by atomic mass is 10.0. The van der Waals surface area contributed by atoms with Gasteiger partial charge in [0.25, 0.3) is 0 Å². The quantitative estimate of drug-likeness (QED) is 0.887. The number of methoxy groups -OCH3 is 1. The Morgan fingerprint density at radius 3 is 3.00 bits per heavy atom. The summed E-state index contributed by atoms with van der Waals surface area (Å²) in [6, 6.07) is 13.0. The molecule has 0 saturated carbocycles. The molecule has 1 aliphatic heterocycles. The topological polar surface area (TPSA) is 37.6 Å².